The van der Waals surface area contributed by atoms with Crippen molar-refractivity contribution in [3.05, 3.63) is 12.7 Å². The molecule has 0 aliphatic carbocycles. The number of carbonyl (C=O) groups is 1. The predicted molar refractivity (Wildman–Crippen MR) is 53.7 cm³/mol. The molecule has 0 bridgehead atoms. The molecule has 1 rings (SSSR count). The Kier molecular flexibility index (Phi) is 3.69. The van der Waals surface area contributed by atoms with Crippen LogP contribution in [0.5, 0.6) is 0 Å². The second-order valence-electron chi connectivity index (χ2n) is 3.84. The van der Waals surface area contributed by atoms with Gasteiger partial charge in [-0.15, -0.1) is 0 Å². The Morgan fingerprint density at radius 2 is 2.50 bits per heavy atom. The molecule has 0 aromatic carbocycles. The molecule has 1 fully saturated rings. The molecule has 0 aromatic rings. The van der Waals surface area contributed by atoms with E-state index >= 15 is 0 Å². The van der Waals surface area contributed by atoms with Gasteiger partial charge in [-0.2, -0.15) is 0 Å². The van der Waals surface area contributed by atoms with Gasteiger partial charge in [-0.05, 0) is 12.3 Å². The molecule has 14 heavy (non-hydrogen) atoms. The Balaban J connectivity index is 2.64. The van der Waals surface area contributed by atoms with Crippen LogP contribution in [0.25, 0.3) is 0 Å². The molecule has 0 amide bonds. The average Bonchev–Trinajstić information content (AvgIpc) is 2.17. The third-order valence-electron chi connectivity index (χ3n) is 2.63. The summed E-state index contributed by atoms with van der Waals surface area (Å²) in [4.78, 5) is 11.1. The quantitative estimate of drug-likeness (QED) is 0.515. The van der Waals surface area contributed by atoms with Gasteiger partial charge in [-0.25, -0.2) is 4.79 Å². The third-order valence-corrected chi connectivity index (χ3v) is 2.63. The Hall–Kier alpha value is -0.830. The summed E-state index contributed by atoms with van der Waals surface area (Å²) in [6.07, 6.45) is 3.69. The minimum absolute atomic E-state index is 0.402. The monoisotopic (exact) mass is 198 g/mol. The fourth-order valence-corrected chi connectivity index (χ4v) is 1.75. The number of rotatable bonds is 3. The number of hydrogen-bond acceptors (Lipinski definition) is 3. The molecule has 1 aliphatic heterocycles. The zero-order chi connectivity index (χ0) is 10.6. The van der Waals surface area contributed by atoms with Crippen LogP contribution in [0.4, 0.5) is 0 Å². The van der Waals surface area contributed by atoms with Gasteiger partial charge in [0.2, 0.25) is 5.79 Å². The summed E-state index contributed by atoms with van der Waals surface area (Å²) in [6.45, 7) is 8.16. The molecule has 1 heterocycles. The van der Waals surface area contributed by atoms with E-state index in [2.05, 4.69) is 13.5 Å². The fourth-order valence-electron chi connectivity index (χ4n) is 1.75. The van der Waals surface area contributed by atoms with Crippen LogP contribution < -0.4 is 0 Å². The first-order chi connectivity index (χ1) is 6.62. The normalized spacial score (nSPS) is 32.3. The van der Waals surface area contributed by atoms with Gasteiger partial charge >= 0.3 is 5.97 Å². The zero-order valence-corrected chi connectivity index (χ0v) is 8.91. The molecular formula is C11H18O3. The Morgan fingerprint density at radius 1 is 1.79 bits per heavy atom. The molecule has 1 aliphatic rings. The van der Waals surface area contributed by atoms with Crippen LogP contribution in [-0.2, 0) is 14.3 Å². The fraction of sp³-hybridized carbons (Fsp3) is 0.727. The topological polar surface area (TPSA) is 35.5 Å². The van der Waals surface area contributed by atoms with Gasteiger partial charge in [-0.1, -0.05) is 20.4 Å². The Morgan fingerprint density at radius 3 is 3.00 bits per heavy atom. The van der Waals surface area contributed by atoms with E-state index in [0.29, 0.717) is 18.9 Å². The van der Waals surface area contributed by atoms with E-state index in [-0.39, 0.29) is 0 Å². The second kappa shape index (κ2) is 4.60. The number of esters is 1. The van der Waals surface area contributed by atoms with Crippen molar-refractivity contribution in [1.82, 2.24) is 0 Å². The summed E-state index contributed by atoms with van der Waals surface area (Å²) in [7, 11) is 0. The van der Waals surface area contributed by atoms with Crippen molar-refractivity contribution in [3.8, 4) is 0 Å². The van der Waals surface area contributed by atoms with Crippen molar-refractivity contribution in [2.45, 2.75) is 38.9 Å². The number of ether oxygens (including phenoxy) is 2. The van der Waals surface area contributed by atoms with Crippen LogP contribution in [0.2, 0.25) is 0 Å². The van der Waals surface area contributed by atoms with E-state index in [0.717, 1.165) is 12.8 Å². The lowest BCUT2D eigenvalue weighted by atomic mass is 9.93. The lowest BCUT2D eigenvalue weighted by molar-refractivity contribution is -0.251. The highest BCUT2D eigenvalue weighted by Crippen LogP contribution is 2.32. The van der Waals surface area contributed by atoms with Crippen LogP contribution in [-0.4, -0.2) is 18.4 Å². The van der Waals surface area contributed by atoms with Crippen LogP contribution in [0.15, 0.2) is 12.7 Å². The van der Waals surface area contributed by atoms with Crippen LogP contribution in [0.1, 0.15) is 33.1 Å². The third kappa shape index (κ3) is 2.58. The molecule has 2 atom stereocenters. The highest BCUT2D eigenvalue weighted by molar-refractivity contribution is 5.81. The lowest BCUT2D eigenvalue weighted by Crippen LogP contribution is -2.42. The molecule has 0 N–H and O–H groups in total. The lowest BCUT2D eigenvalue weighted by Gasteiger charge is -2.38. The Bertz CT molecular complexity index is 225. The molecule has 0 saturated carbocycles. The molecule has 0 aromatic heterocycles. The van der Waals surface area contributed by atoms with E-state index in [1.54, 1.807) is 0 Å². The largest absolute Gasteiger partial charge is 0.430 e. The van der Waals surface area contributed by atoms with Crippen molar-refractivity contribution in [3.63, 3.8) is 0 Å². The zero-order valence-electron chi connectivity index (χ0n) is 8.91. The molecule has 3 heteroatoms. The van der Waals surface area contributed by atoms with Crippen LogP contribution in [0, 0.1) is 5.92 Å². The van der Waals surface area contributed by atoms with Crippen LogP contribution in [0.3, 0.4) is 0 Å². The van der Waals surface area contributed by atoms with Gasteiger partial charge in [0.05, 0.1) is 6.61 Å². The van der Waals surface area contributed by atoms with Gasteiger partial charge in [0.1, 0.15) is 0 Å². The summed E-state index contributed by atoms with van der Waals surface area (Å²) in [5, 5.41) is 0. The van der Waals surface area contributed by atoms with Crippen molar-refractivity contribution in [2.75, 3.05) is 6.61 Å². The van der Waals surface area contributed by atoms with Gasteiger partial charge < -0.3 is 9.47 Å². The number of hydrogen-bond donors (Lipinski definition) is 0. The first kappa shape index (κ1) is 11.2. The minimum Gasteiger partial charge on any atom is -0.430 e. The van der Waals surface area contributed by atoms with Gasteiger partial charge in [-0.3, -0.25) is 0 Å². The molecule has 0 radical (unpaired) electrons. The maximum absolute atomic E-state index is 11.1. The summed E-state index contributed by atoms with van der Waals surface area (Å²) in [5.41, 5.74) is 0. The van der Waals surface area contributed by atoms with Crippen molar-refractivity contribution < 1.29 is 14.3 Å². The SMILES string of the molecule is C=CC(=O)OC1(CC)CC(C)CCO1. The average molecular weight is 198 g/mol. The number of carbonyl (C=O) groups excluding carboxylic acids is 1. The smallest absolute Gasteiger partial charge is 0.332 e. The molecular weight excluding hydrogens is 180 g/mol. The summed E-state index contributed by atoms with van der Waals surface area (Å²) >= 11 is 0. The van der Waals surface area contributed by atoms with E-state index in [1.807, 2.05) is 6.92 Å². The van der Waals surface area contributed by atoms with Gasteiger partial charge in [0.15, 0.2) is 0 Å². The van der Waals surface area contributed by atoms with Crippen molar-refractivity contribution in [2.24, 2.45) is 5.92 Å². The molecule has 2 unspecified atom stereocenters. The van der Waals surface area contributed by atoms with Gasteiger partial charge in [0, 0.05) is 18.9 Å². The highest BCUT2D eigenvalue weighted by atomic mass is 16.7. The highest BCUT2D eigenvalue weighted by Gasteiger charge is 2.37. The minimum atomic E-state index is -0.705. The molecule has 0 spiro atoms. The van der Waals surface area contributed by atoms with Crippen molar-refractivity contribution >= 4 is 5.97 Å². The maximum atomic E-state index is 11.1. The standard InChI is InChI=1S/C11H18O3/c1-4-10(12)14-11(5-2)8-9(3)6-7-13-11/h4,9H,1,5-8H2,2-3H3. The summed E-state index contributed by atoms with van der Waals surface area (Å²) in [5.74, 6) is -0.564. The first-order valence-electron chi connectivity index (χ1n) is 5.11. The molecule has 80 valence electrons. The van der Waals surface area contributed by atoms with E-state index < -0.39 is 11.8 Å². The molecule has 3 nitrogen and oxygen atoms in total. The van der Waals surface area contributed by atoms with Crippen LogP contribution >= 0.6 is 0 Å². The predicted octanol–water partition coefficient (Wildman–Crippen LogP) is 2.27. The van der Waals surface area contributed by atoms with Crippen molar-refractivity contribution in [1.29, 1.82) is 0 Å². The second-order valence-corrected chi connectivity index (χ2v) is 3.84. The molecule has 1 saturated heterocycles. The summed E-state index contributed by atoms with van der Waals surface area (Å²) in [6, 6.07) is 0. The maximum Gasteiger partial charge on any atom is 0.332 e. The van der Waals surface area contributed by atoms with E-state index in [1.165, 1.54) is 6.08 Å². The van der Waals surface area contributed by atoms with Gasteiger partial charge in [0.25, 0.3) is 0 Å². The first-order valence-corrected chi connectivity index (χ1v) is 5.11. The van der Waals surface area contributed by atoms with E-state index in [4.69, 9.17) is 9.47 Å². The summed E-state index contributed by atoms with van der Waals surface area (Å²) < 4.78 is 10.8. The Labute approximate surface area is 85.1 Å². The van der Waals surface area contributed by atoms with E-state index in [9.17, 15) is 4.79 Å².